The second kappa shape index (κ2) is 4.44. The van der Waals surface area contributed by atoms with Crippen LogP contribution in [0.2, 0.25) is 0 Å². The molecule has 0 aromatic carbocycles. The predicted octanol–water partition coefficient (Wildman–Crippen LogP) is 2.12. The highest BCUT2D eigenvalue weighted by Crippen LogP contribution is 2.52. The van der Waals surface area contributed by atoms with Crippen LogP contribution in [-0.4, -0.2) is 22.4 Å². The van der Waals surface area contributed by atoms with Gasteiger partial charge in [0.15, 0.2) is 0 Å². The normalized spacial score (nSPS) is 20.8. The lowest BCUT2D eigenvalue weighted by atomic mass is 10.1. The number of alkyl halides is 3. The molecule has 20 heavy (non-hydrogen) atoms. The fourth-order valence-corrected chi connectivity index (χ4v) is 2.42. The summed E-state index contributed by atoms with van der Waals surface area (Å²) in [6.45, 7) is 0.937. The van der Waals surface area contributed by atoms with E-state index in [-0.39, 0.29) is 17.9 Å². The summed E-state index contributed by atoms with van der Waals surface area (Å²) >= 11 is 0. The van der Waals surface area contributed by atoms with Crippen molar-refractivity contribution in [1.29, 1.82) is 0 Å². The molecule has 0 unspecified atom stereocenters. The van der Waals surface area contributed by atoms with E-state index < -0.39 is 11.7 Å². The number of amides is 1. The Kier molecular flexibility index (Phi) is 2.97. The number of nitrogens with zero attached hydrogens (tertiary/aromatic N) is 2. The van der Waals surface area contributed by atoms with Gasteiger partial charge in [-0.25, -0.2) is 5.43 Å². The Bertz CT molecular complexity index is 523. The van der Waals surface area contributed by atoms with Gasteiger partial charge >= 0.3 is 6.18 Å². The van der Waals surface area contributed by atoms with E-state index in [0.29, 0.717) is 18.7 Å². The number of rotatable bonds is 3. The molecule has 2 heterocycles. The number of aromatic nitrogens is 1. The van der Waals surface area contributed by atoms with Gasteiger partial charge in [0.25, 0.3) is 0 Å². The standard InChI is InChI=1S/C13H14F3N3O/c14-13(15,16)9-1-2-10(17-6-9)7-18-19-8-12(3-4-12)5-11(19)20/h1-2,6,18H,3-5,7-8H2. The van der Waals surface area contributed by atoms with Gasteiger partial charge in [-0.3, -0.25) is 14.8 Å². The van der Waals surface area contributed by atoms with E-state index in [9.17, 15) is 18.0 Å². The Balaban J connectivity index is 1.57. The number of carbonyl (C=O) groups excluding carboxylic acids is 1. The maximum atomic E-state index is 12.4. The summed E-state index contributed by atoms with van der Waals surface area (Å²) in [6.07, 6.45) is -0.835. The zero-order valence-electron chi connectivity index (χ0n) is 10.7. The maximum Gasteiger partial charge on any atom is 0.417 e. The van der Waals surface area contributed by atoms with Gasteiger partial charge in [0.05, 0.1) is 17.8 Å². The van der Waals surface area contributed by atoms with E-state index in [4.69, 9.17) is 0 Å². The third-order valence-corrected chi connectivity index (χ3v) is 3.88. The average Bonchev–Trinajstić information content (AvgIpc) is 3.05. The number of hydrogen-bond acceptors (Lipinski definition) is 3. The first-order valence-corrected chi connectivity index (χ1v) is 6.44. The first kappa shape index (κ1) is 13.4. The third-order valence-electron chi connectivity index (χ3n) is 3.88. The number of halogens is 3. The molecular formula is C13H14F3N3O. The molecule has 1 amide bonds. The summed E-state index contributed by atoms with van der Waals surface area (Å²) in [4.78, 5) is 15.5. The van der Waals surface area contributed by atoms with Crippen LogP contribution in [0.25, 0.3) is 0 Å². The minimum atomic E-state index is -4.37. The second-order valence-corrected chi connectivity index (χ2v) is 5.53. The Labute approximate surface area is 113 Å². The first-order valence-electron chi connectivity index (χ1n) is 6.44. The van der Waals surface area contributed by atoms with Crippen molar-refractivity contribution in [3.05, 3.63) is 29.6 Å². The minimum Gasteiger partial charge on any atom is -0.277 e. The first-order chi connectivity index (χ1) is 9.38. The van der Waals surface area contributed by atoms with Crippen molar-refractivity contribution < 1.29 is 18.0 Å². The number of hydrazine groups is 1. The van der Waals surface area contributed by atoms with E-state index in [0.717, 1.165) is 25.1 Å². The Morgan fingerprint density at radius 1 is 1.35 bits per heavy atom. The van der Waals surface area contributed by atoms with E-state index >= 15 is 0 Å². The molecule has 3 rings (SSSR count). The van der Waals surface area contributed by atoms with Gasteiger partial charge in [0.1, 0.15) is 0 Å². The second-order valence-electron chi connectivity index (χ2n) is 5.53. The van der Waals surface area contributed by atoms with Gasteiger partial charge < -0.3 is 0 Å². The summed E-state index contributed by atoms with van der Waals surface area (Å²) in [6, 6.07) is 2.32. The Hall–Kier alpha value is -1.63. The van der Waals surface area contributed by atoms with Crippen molar-refractivity contribution >= 4 is 5.91 Å². The van der Waals surface area contributed by atoms with Crippen LogP contribution in [0.15, 0.2) is 18.3 Å². The van der Waals surface area contributed by atoms with Crippen molar-refractivity contribution in [3.63, 3.8) is 0 Å². The van der Waals surface area contributed by atoms with Crippen LogP contribution in [0, 0.1) is 5.41 Å². The molecule has 1 aliphatic carbocycles. The Morgan fingerprint density at radius 3 is 2.60 bits per heavy atom. The summed E-state index contributed by atoms with van der Waals surface area (Å²) in [5.74, 6) is 0.0504. The third kappa shape index (κ3) is 2.63. The SMILES string of the molecule is O=C1CC2(CC2)CN1NCc1ccc(C(F)(F)F)cn1. The zero-order valence-corrected chi connectivity index (χ0v) is 10.7. The molecule has 1 spiro atoms. The topological polar surface area (TPSA) is 45.2 Å². The molecule has 4 nitrogen and oxygen atoms in total. The van der Waals surface area contributed by atoms with E-state index in [1.807, 2.05) is 0 Å². The van der Waals surface area contributed by atoms with E-state index in [1.54, 1.807) is 5.01 Å². The molecule has 1 saturated carbocycles. The summed E-state index contributed by atoms with van der Waals surface area (Å²) in [5, 5.41) is 1.56. The summed E-state index contributed by atoms with van der Waals surface area (Å²) in [5.41, 5.74) is 2.81. The van der Waals surface area contributed by atoms with E-state index in [1.165, 1.54) is 6.07 Å². The zero-order chi connectivity index (χ0) is 14.4. The highest BCUT2D eigenvalue weighted by Gasteiger charge is 2.51. The number of nitrogens with one attached hydrogen (secondary N) is 1. The molecule has 7 heteroatoms. The van der Waals surface area contributed by atoms with E-state index in [2.05, 4.69) is 10.4 Å². The summed E-state index contributed by atoms with van der Waals surface area (Å²) in [7, 11) is 0. The fourth-order valence-electron chi connectivity index (χ4n) is 2.42. The fraction of sp³-hybridized carbons (Fsp3) is 0.538. The summed E-state index contributed by atoms with van der Waals surface area (Å²) < 4.78 is 37.2. The van der Waals surface area contributed by atoms with Crippen LogP contribution in [-0.2, 0) is 17.5 Å². The van der Waals surface area contributed by atoms with Crippen LogP contribution >= 0.6 is 0 Å². The average molecular weight is 285 g/mol. The quantitative estimate of drug-likeness (QED) is 0.925. The number of hydrogen-bond donors (Lipinski definition) is 1. The molecule has 2 aliphatic rings. The number of pyridine rings is 1. The molecule has 0 bridgehead atoms. The smallest absolute Gasteiger partial charge is 0.277 e. The van der Waals surface area contributed by atoms with Crippen LogP contribution < -0.4 is 5.43 Å². The van der Waals surface area contributed by atoms with Crippen molar-refractivity contribution in [2.24, 2.45) is 5.41 Å². The number of carbonyl (C=O) groups is 1. The lowest BCUT2D eigenvalue weighted by molar-refractivity contribution is -0.137. The van der Waals surface area contributed by atoms with Gasteiger partial charge in [-0.2, -0.15) is 13.2 Å². The molecule has 1 aromatic heterocycles. The highest BCUT2D eigenvalue weighted by molar-refractivity contribution is 5.79. The molecule has 2 fully saturated rings. The van der Waals surface area contributed by atoms with Gasteiger partial charge in [-0.15, -0.1) is 0 Å². The molecule has 1 aliphatic heterocycles. The van der Waals surface area contributed by atoms with Crippen molar-refractivity contribution in [2.75, 3.05) is 6.54 Å². The monoisotopic (exact) mass is 285 g/mol. The molecule has 0 radical (unpaired) electrons. The minimum absolute atomic E-state index is 0.0504. The van der Waals surface area contributed by atoms with Crippen molar-refractivity contribution in [1.82, 2.24) is 15.4 Å². The van der Waals surface area contributed by atoms with Crippen LogP contribution in [0.3, 0.4) is 0 Å². The molecule has 108 valence electrons. The molecule has 1 aromatic rings. The molecule has 1 N–H and O–H groups in total. The van der Waals surface area contributed by atoms with Gasteiger partial charge in [-0.05, 0) is 30.4 Å². The van der Waals surface area contributed by atoms with Gasteiger partial charge in [0, 0.05) is 19.2 Å². The Morgan fingerprint density at radius 2 is 2.10 bits per heavy atom. The van der Waals surface area contributed by atoms with Crippen LogP contribution in [0.1, 0.15) is 30.5 Å². The predicted molar refractivity (Wildman–Crippen MR) is 64.1 cm³/mol. The highest BCUT2D eigenvalue weighted by atomic mass is 19.4. The molecule has 1 saturated heterocycles. The lowest BCUT2D eigenvalue weighted by Crippen LogP contribution is -2.39. The maximum absolute atomic E-state index is 12.4. The molecule has 0 atom stereocenters. The largest absolute Gasteiger partial charge is 0.417 e. The van der Waals surface area contributed by atoms with Gasteiger partial charge in [-0.1, -0.05) is 0 Å². The lowest BCUT2D eigenvalue weighted by Gasteiger charge is -2.17. The van der Waals surface area contributed by atoms with Crippen molar-refractivity contribution in [3.8, 4) is 0 Å². The van der Waals surface area contributed by atoms with Crippen molar-refractivity contribution in [2.45, 2.75) is 32.0 Å². The van der Waals surface area contributed by atoms with Gasteiger partial charge in [0.2, 0.25) is 5.91 Å². The molecular weight excluding hydrogens is 271 g/mol. The van der Waals surface area contributed by atoms with Crippen LogP contribution in [0.5, 0.6) is 0 Å². The van der Waals surface area contributed by atoms with Crippen LogP contribution in [0.4, 0.5) is 13.2 Å².